The van der Waals surface area contributed by atoms with Crippen LogP contribution >= 0.6 is 0 Å². The van der Waals surface area contributed by atoms with Crippen molar-refractivity contribution < 1.29 is 0 Å². The van der Waals surface area contributed by atoms with Gasteiger partial charge < -0.3 is 9.88 Å². The molecule has 1 fully saturated rings. The van der Waals surface area contributed by atoms with Gasteiger partial charge in [-0.15, -0.1) is 0 Å². The summed E-state index contributed by atoms with van der Waals surface area (Å²) in [4.78, 5) is 4.33. The van der Waals surface area contributed by atoms with E-state index < -0.39 is 0 Å². The number of hydrogen-bond donors (Lipinski definition) is 1. The highest BCUT2D eigenvalue weighted by Crippen LogP contribution is 2.28. The summed E-state index contributed by atoms with van der Waals surface area (Å²) in [6.07, 6.45) is 7.78. The Morgan fingerprint density at radius 2 is 2.38 bits per heavy atom. The number of rotatable bonds is 4. The van der Waals surface area contributed by atoms with E-state index in [1.54, 1.807) is 0 Å². The zero-order valence-corrected chi connectivity index (χ0v) is 10.6. The Balaban J connectivity index is 2.17. The van der Waals surface area contributed by atoms with E-state index in [0.717, 1.165) is 6.54 Å². The molecule has 0 amide bonds. The van der Waals surface area contributed by atoms with Crippen LogP contribution in [0.25, 0.3) is 0 Å². The van der Waals surface area contributed by atoms with E-state index in [2.05, 4.69) is 35.6 Å². The summed E-state index contributed by atoms with van der Waals surface area (Å²) in [7, 11) is 0. The largest absolute Gasteiger partial charge is 0.330 e. The first kappa shape index (κ1) is 11.6. The van der Waals surface area contributed by atoms with Crippen LogP contribution in [-0.4, -0.2) is 16.1 Å². The van der Waals surface area contributed by atoms with Crippen LogP contribution in [0.1, 0.15) is 57.8 Å². The highest BCUT2D eigenvalue weighted by atomic mass is 15.1. The molecule has 1 aromatic heterocycles. The van der Waals surface area contributed by atoms with Crippen LogP contribution < -0.4 is 5.32 Å². The molecule has 0 spiro atoms. The van der Waals surface area contributed by atoms with Crippen molar-refractivity contribution in [3.63, 3.8) is 0 Å². The van der Waals surface area contributed by atoms with Gasteiger partial charge in [0, 0.05) is 18.3 Å². The smallest absolute Gasteiger partial charge is 0.0951 e. The third kappa shape index (κ3) is 2.14. The number of nitrogens with zero attached hydrogens (tertiary/aromatic N) is 2. The van der Waals surface area contributed by atoms with Crippen LogP contribution in [0, 0.1) is 5.92 Å². The molecule has 2 unspecified atom stereocenters. The van der Waals surface area contributed by atoms with Gasteiger partial charge in [0.05, 0.1) is 12.0 Å². The van der Waals surface area contributed by atoms with Crippen molar-refractivity contribution in [3.8, 4) is 0 Å². The predicted octanol–water partition coefficient (Wildman–Crippen LogP) is 2.91. The van der Waals surface area contributed by atoms with Crippen LogP contribution in [0.5, 0.6) is 0 Å². The molecule has 0 aliphatic carbocycles. The van der Waals surface area contributed by atoms with E-state index in [1.807, 2.05) is 12.5 Å². The fraction of sp³-hybridized carbons (Fsp3) is 0.769. The van der Waals surface area contributed by atoms with Gasteiger partial charge in [0.25, 0.3) is 0 Å². The number of hydrogen-bond acceptors (Lipinski definition) is 2. The molecule has 0 aromatic carbocycles. The van der Waals surface area contributed by atoms with Crippen LogP contribution in [-0.2, 0) is 0 Å². The zero-order chi connectivity index (χ0) is 11.5. The van der Waals surface area contributed by atoms with Gasteiger partial charge in [0.1, 0.15) is 0 Å². The SMILES string of the molecule is CCC(C)C(C)n1cncc1[C@@H]1CCCN1. The number of aromatic nitrogens is 2. The Labute approximate surface area is 98.3 Å². The fourth-order valence-corrected chi connectivity index (χ4v) is 2.48. The van der Waals surface area contributed by atoms with Gasteiger partial charge in [0.15, 0.2) is 0 Å². The van der Waals surface area contributed by atoms with E-state index in [-0.39, 0.29) is 0 Å². The van der Waals surface area contributed by atoms with Crippen molar-refractivity contribution in [3.05, 3.63) is 18.2 Å². The van der Waals surface area contributed by atoms with Crippen molar-refractivity contribution in [2.45, 2.75) is 52.1 Å². The summed E-state index contributed by atoms with van der Waals surface area (Å²) in [6, 6.07) is 1.07. The Bertz CT molecular complexity index is 326. The topological polar surface area (TPSA) is 29.9 Å². The summed E-state index contributed by atoms with van der Waals surface area (Å²) >= 11 is 0. The average Bonchev–Trinajstić information content (AvgIpc) is 2.95. The molecule has 0 bridgehead atoms. The molecule has 16 heavy (non-hydrogen) atoms. The van der Waals surface area contributed by atoms with Crippen molar-refractivity contribution >= 4 is 0 Å². The van der Waals surface area contributed by atoms with E-state index in [1.165, 1.54) is 25.0 Å². The average molecular weight is 221 g/mol. The molecule has 3 nitrogen and oxygen atoms in total. The number of nitrogens with one attached hydrogen (secondary N) is 1. The maximum Gasteiger partial charge on any atom is 0.0951 e. The van der Waals surface area contributed by atoms with E-state index in [4.69, 9.17) is 0 Å². The van der Waals surface area contributed by atoms with Crippen molar-refractivity contribution in [1.29, 1.82) is 0 Å². The minimum atomic E-state index is 0.522. The fourth-order valence-electron chi connectivity index (χ4n) is 2.48. The Kier molecular flexibility index (Phi) is 3.64. The molecular weight excluding hydrogens is 198 g/mol. The maximum absolute atomic E-state index is 4.33. The van der Waals surface area contributed by atoms with Crippen LogP contribution in [0.15, 0.2) is 12.5 Å². The Morgan fingerprint density at radius 3 is 3.00 bits per heavy atom. The first-order valence-corrected chi connectivity index (χ1v) is 6.49. The first-order valence-electron chi connectivity index (χ1n) is 6.49. The van der Waals surface area contributed by atoms with Gasteiger partial charge in [0.2, 0.25) is 0 Å². The van der Waals surface area contributed by atoms with Crippen molar-refractivity contribution in [2.75, 3.05) is 6.54 Å². The Hall–Kier alpha value is -0.830. The third-order valence-corrected chi connectivity index (χ3v) is 4.02. The van der Waals surface area contributed by atoms with Gasteiger partial charge in [-0.25, -0.2) is 4.98 Å². The predicted molar refractivity (Wildman–Crippen MR) is 66.4 cm³/mol. The molecule has 3 heteroatoms. The van der Waals surface area contributed by atoms with Crippen LogP contribution in [0.3, 0.4) is 0 Å². The van der Waals surface area contributed by atoms with Crippen LogP contribution in [0.2, 0.25) is 0 Å². The third-order valence-electron chi connectivity index (χ3n) is 4.02. The molecule has 1 aliphatic heterocycles. The van der Waals surface area contributed by atoms with E-state index >= 15 is 0 Å². The molecule has 90 valence electrons. The molecule has 1 N–H and O–H groups in total. The van der Waals surface area contributed by atoms with Crippen molar-refractivity contribution in [1.82, 2.24) is 14.9 Å². The van der Waals surface area contributed by atoms with Crippen molar-refractivity contribution in [2.24, 2.45) is 5.92 Å². The molecule has 2 rings (SSSR count). The molecule has 0 saturated carbocycles. The Morgan fingerprint density at radius 1 is 1.56 bits per heavy atom. The lowest BCUT2D eigenvalue weighted by atomic mass is 10.00. The monoisotopic (exact) mass is 221 g/mol. The van der Waals surface area contributed by atoms with Gasteiger partial charge in [-0.1, -0.05) is 20.3 Å². The minimum absolute atomic E-state index is 0.522. The highest BCUT2D eigenvalue weighted by molar-refractivity contribution is 5.08. The lowest BCUT2D eigenvalue weighted by Gasteiger charge is -2.24. The molecule has 1 saturated heterocycles. The molecule has 0 radical (unpaired) electrons. The second-order valence-corrected chi connectivity index (χ2v) is 5.00. The summed E-state index contributed by atoms with van der Waals surface area (Å²) < 4.78 is 2.36. The standard InChI is InChI=1S/C13H23N3/c1-4-10(2)11(3)16-9-14-8-13(16)12-6-5-7-15-12/h8-12,15H,4-7H2,1-3H3/t10?,11?,12-/m0/s1. The normalized spacial score (nSPS) is 24.6. The first-order chi connectivity index (χ1) is 7.74. The lowest BCUT2D eigenvalue weighted by Crippen LogP contribution is -2.21. The second kappa shape index (κ2) is 5.00. The molecular formula is C13H23N3. The lowest BCUT2D eigenvalue weighted by molar-refractivity contribution is 0.354. The molecule has 1 aliphatic rings. The van der Waals surface area contributed by atoms with Crippen LogP contribution in [0.4, 0.5) is 0 Å². The summed E-state index contributed by atoms with van der Waals surface area (Å²) in [5.41, 5.74) is 1.37. The summed E-state index contributed by atoms with van der Waals surface area (Å²) in [6.45, 7) is 8.02. The molecule has 2 heterocycles. The molecule has 1 aromatic rings. The summed E-state index contributed by atoms with van der Waals surface area (Å²) in [5.74, 6) is 0.703. The highest BCUT2D eigenvalue weighted by Gasteiger charge is 2.23. The zero-order valence-electron chi connectivity index (χ0n) is 10.6. The van der Waals surface area contributed by atoms with E-state index in [0.29, 0.717) is 18.0 Å². The van der Waals surface area contributed by atoms with Gasteiger partial charge in [-0.2, -0.15) is 0 Å². The quantitative estimate of drug-likeness (QED) is 0.847. The number of imidazole rings is 1. The van der Waals surface area contributed by atoms with Gasteiger partial charge in [-0.05, 0) is 32.2 Å². The summed E-state index contributed by atoms with van der Waals surface area (Å²) in [5, 5.41) is 3.55. The molecule has 3 atom stereocenters. The van der Waals surface area contributed by atoms with Gasteiger partial charge >= 0.3 is 0 Å². The second-order valence-electron chi connectivity index (χ2n) is 5.00. The van der Waals surface area contributed by atoms with Gasteiger partial charge in [-0.3, -0.25) is 0 Å². The van der Waals surface area contributed by atoms with E-state index in [9.17, 15) is 0 Å². The minimum Gasteiger partial charge on any atom is -0.330 e. The maximum atomic E-state index is 4.33.